The predicted molar refractivity (Wildman–Crippen MR) is 104 cm³/mol. The van der Waals surface area contributed by atoms with Gasteiger partial charge < -0.3 is 0 Å². The van der Waals surface area contributed by atoms with Gasteiger partial charge in [-0.1, -0.05) is 35.9 Å². The SMILES string of the molecule is O=S(=O)(c1cc(F)cc(F)c1)c1cnc2c(F)cccc2c1-c1cccc(Cl)c1. The molecule has 0 radical (unpaired) electrons. The van der Waals surface area contributed by atoms with Gasteiger partial charge in [-0.25, -0.2) is 21.6 Å². The van der Waals surface area contributed by atoms with Gasteiger partial charge in [-0.15, -0.1) is 0 Å². The van der Waals surface area contributed by atoms with Crippen LogP contribution in [-0.2, 0) is 9.84 Å². The van der Waals surface area contributed by atoms with Crippen LogP contribution >= 0.6 is 11.6 Å². The van der Waals surface area contributed by atoms with E-state index in [1.54, 1.807) is 18.2 Å². The first-order chi connectivity index (χ1) is 13.8. The van der Waals surface area contributed by atoms with Gasteiger partial charge in [-0.2, -0.15) is 0 Å². The standard InChI is InChI=1S/C21H11ClF3NO2S/c22-13-4-1-3-12(7-13)20-17-5-2-6-18(25)21(17)26-11-19(20)29(27,28)16-9-14(23)8-15(24)10-16/h1-11H. The Hall–Kier alpha value is -2.90. The summed E-state index contributed by atoms with van der Waals surface area (Å²) in [6, 6.07) is 12.5. The number of nitrogens with zero attached hydrogens (tertiary/aromatic N) is 1. The zero-order chi connectivity index (χ0) is 20.8. The van der Waals surface area contributed by atoms with Crippen molar-refractivity contribution in [1.29, 1.82) is 0 Å². The van der Waals surface area contributed by atoms with Gasteiger partial charge in [0.1, 0.15) is 23.0 Å². The van der Waals surface area contributed by atoms with Crippen LogP contribution < -0.4 is 0 Å². The molecular weight excluding hydrogens is 423 g/mol. The highest BCUT2D eigenvalue weighted by molar-refractivity contribution is 7.91. The second-order valence-corrected chi connectivity index (χ2v) is 8.61. The molecule has 0 aliphatic rings. The average Bonchev–Trinajstić information content (AvgIpc) is 2.66. The summed E-state index contributed by atoms with van der Waals surface area (Å²) < 4.78 is 68.1. The fourth-order valence-corrected chi connectivity index (χ4v) is 4.79. The van der Waals surface area contributed by atoms with E-state index in [2.05, 4.69) is 4.98 Å². The van der Waals surface area contributed by atoms with E-state index in [-0.39, 0.29) is 21.4 Å². The molecule has 8 heteroatoms. The lowest BCUT2D eigenvalue weighted by Gasteiger charge is -2.14. The molecule has 0 unspecified atom stereocenters. The lowest BCUT2D eigenvalue weighted by atomic mass is 10.0. The van der Waals surface area contributed by atoms with Crippen LogP contribution in [0.25, 0.3) is 22.0 Å². The third kappa shape index (κ3) is 3.47. The predicted octanol–water partition coefficient (Wildman–Crippen LogP) is 5.81. The van der Waals surface area contributed by atoms with Gasteiger partial charge in [0.15, 0.2) is 0 Å². The molecule has 3 nitrogen and oxygen atoms in total. The van der Waals surface area contributed by atoms with Crippen LogP contribution in [0.3, 0.4) is 0 Å². The zero-order valence-electron chi connectivity index (χ0n) is 14.5. The second-order valence-electron chi connectivity index (χ2n) is 6.25. The maximum atomic E-state index is 14.3. The minimum absolute atomic E-state index is 0.0353. The Morgan fingerprint density at radius 3 is 2.24 bits per heavy atom. The first-order valence-corrected chi connectivity index (χ1v) is 10.2. The number of hydrogen-bond acceptors (Lipinski definition) is 3. The van der Waals surface area contributed by atoms with Gasteiger partial charge >= 0.3 is 0 Å². The number of aromatic nitrogens is 1. The summed E-state index contributed by atoms with van der Waals surface area (Å²) in [5, 5.41) is 0.564. The number of halogens is 4. The molecule has 0 amide bonds. The molecule has 29 heavy (non-hydrogen) atoms. The number of fused-ring (bicyclic) bond motifs is 1. The number of rotatable bonds is 3. The largest absolute Gasteiger partial charge is 0.252 e. The van der Waals surface area contributed by atoms with E-state index in [1.165, 1.54) is 24.3 Å². The van der Waals surface area contributed by atoms with Crippen molar-refractivity contribution < 1.29 is 21.6 Å². The van der Waals surface area contributed by atoms with Crippen LogP contribution in [0.2, 0.25) is 5.02 Å². The van der Waals surface area contributed by atoms with Crippen molar-refractivity contribution in [2.45, 2.75) is 9.79 Å². The molecule has 1 aromatic heterocycles. The Kier molecular flexibility index (Phi) is 4.80. The van der Waals surface area contributed by atoms with Crippen molar-refractivity contribution in [3.8, 4) is 11.1 Å². The van der Waals surface area contributed by atoms with Gasteiger partial charge in [0.05, 0.1) is 9.79 Å². The minimum atomic E-state index is -4.39. The molecule has 4 rings (SSSR count). The number of benzene rings is 3. The second kappa shape index (κ2) is 7.17. The van der Waals surface area contributed by atoms with E-state index >= 15 is 0 Å². The molecule has 3 aromatic carbocycles. The summed E-state index contributed by atoms with van der Waals surface area (Å²) in [7, 11) is -4.39. The van der Waals surface area contributed by atoms with Crippen LogP contribution in [0.1, 0.15) is 0 Å². The van der Waals surface area contributed by atoms with Crippen LogP contribution in [0, 0.1) is 17.5 Å². The number of para-hydroxylation sites is 1. The lowest BCUT2D eigenvalue weighted by molar-refractivity contribution is 0.567. The van der Waals surface area contributed by atoms with E-state index in [1.807, 2.05) is 0 Å². The third-order valence-corrected chi connectivity index (χ3v) is 6.34. The monoisotopic (exact) mass is 433 g/mol. The summed E-state index contributed by atoms with van der Waals surface area (Å²) >= 11 is 6.06. The summed E-state index contributed by atoms with van der Waals surface area (Å²) in [4.78, 5) is 3.06. The molecule has 0 aliphatic heterocycles. The molecule has 4 aromatic rings. The quantitative estimate of drug-likeness (QED) is 0.410. The number of pyridine rings is 1. The normalized spacial score (nSPS) is 11.7. The first-order valence-electron chi connectivity index (χ1n) is 8.32. The Morgan fingerprint density at radius 2 is 1.55 bits per heavy atom. The van der Waals surface area contributed by atoms with E-state index in [9.17, 15) is 21.6 Å². The highest BCUT2D eigenvalue weighted by Crippen LogP contribution is 2.38. The van der Waals surface area contributed by atoms with Crippen molar-refractivity contribution in [3.05, 3.63) is 89.3 Å². The van der Waals surface area contributed by atoms with Gasteiger partial charge in [0, 0.05) is 28.2 Å². The lowest BCUT2D eigenvalue weighted by Crippen LogP contribution is -2.07. The van der Waals surface area contributed by atoms with E-state index in [0.717, 1.165) is 18.3 Å². The highest BCUT2D eigenvalue weighted by atomic mass is 35.5. The Labute approximate surface area is 169 Å². The molecule has 1 heterocycles. The molecule has 0 fully saturated rings. The van der Waals surface area contributed by atoms with E-state index in [0.29, 0.717) is 16.7 Å². The van der Waals surface area contributed by atoms with Crippen LogP contribution in [0.4, 0.5) is 13.2 Å². The van der Waals surface area contributed by atoms with E-state index < -0.39 is 32.2 Å². The summed E-state index contributed by atoms with van der Waals surface area (Å²) in [6.45, 7) is 0. The minimum Gasteiger partial charge on any atom is -0.252 e. The molecule has 0 saturated heterocycles. The fraction of sp³-hybridized carbons (Fsp3) is 0. The Balaban J connectivity index is 2.11. The molecule has 0 N–H and O–H groups in total. The highest BCUT2D eigenvalue weighted by Gasteiger charge is 2.26. The van der Waals surface area contributed by atoms with Crippen molar-refractivity contribution >= 4 is 32.3 Å². The van der Waals surface area contributed by atoms with Crippen molar-refractivity contribution in [3.63, 3.8) is 0 Å². The topological polar surface area (TPSA) is 47.0 Å². The molecule has 0 bridgehead atoms. The van der Waals surface area contributed by atoms with Gasteiger partial charge in [0.2, 0.25) is 9.84 Å². The van der Waals surface area contributed by atoms with Crippen molar-refractivity contribution in [2.24, 2.45) is 0 Å². The maximum Gasteiger partial charge on any atom is 0.208 e. The van der Waals surface area contributed by atoms with Crippen molar-refractivity contribution in [1.82, 2.24) is 4.98 Å². The molecule has 0 atom stereocenters. The van der Waals surface area contributed by atoms with Crippen LogP contribution in [0.15, 0.2) is 76.7 Å². The van der Waals surface area contributed by atoms with Gasteiger partial charge in [0.25, 0.3) is 0 Å². The number of sulfone groups is 1. The van der Waals surface area contributed by atoms with Gasteiger partial charge in [-0.05, 0) is 35.9 Å². The van der Waals surface area contributed by atoms with Crippen molar-refractivity contribution in [2.75, 3.05) is 0 Å². The molecule has 146 valence electrons. The smallest absolute Gasteiger partial charge is 0.208 e. The summed E-state index contributed by atoms with van der Waals surface area (Å²) in [5.74, 6) is -2.70. The zero-order valence-corrected chi connectivity index (χ0v) is 16.1. The van der Waals surface area contributed by atoms with Crippen LogP contribution in [-0.4, -0.2) is 13.4 Å². The summed E-state index contributed by atoms with van der Waals surface area (Å²) in [6.07, 6.45) is 0.986. The molecular formula is C21H11ClF3NO2S. The Morgan fingerprint density at radius 1 is 0.862 bits per heavy atom. The molecule has 0 saturated carbocycles. The first kappa shape index (κ1) is 19.4. The Bertz CT molecular complexity index is 1350. The third-order valence-electron chi connectivity index (χ3n) is 4.36. The van der Waals surface area contributed by atoms with Crippen LogP contribution in [0.5, 0.6) is 0 Å². The number of hydrogen-bond donors (Lipinski definition) is 0. The van der Waals surface area contributed by atoms with Gasteiger partial charge in [-0.3, -0.25) is 4.98 Å². The fourth-order valence-electron chi connectivity index (χ4n) is 3.12. The maximum absolute atomic E-state index is 14.3. The average molecular weight is 434 g/mol. The van der Waals surface area contributed by atoms with E-state index in [4.69, 9.17) is 11.6 Å². The summed E-state index contributed by atoms with van der Waals surface area (Å²) in [5.41, 5.74) is 0.500. The molecule has 0 aliphatic carbocycles. The molecule has 0 spiro atoms.